The lowest BCUT2D eigenvalue weighted by molar-refractivity contribution is 1.64. The number of rotatable bonds is 4. The van der Waals surface area contributed by atoms with Gasteiger partial charge in [0.15, 0.2) is 0 Å². The Kier molecular flexibility index (Phi) is 4.12. The van der Waals surface area contributed by atoms with Crippen molar-refractivity contribution in [3.05, 3.63) is 194 Å². The summed E-state index contributed by atoms with van der Waals surface area (Å²) in [5.74, 6) is 0. The van der Waals surface area contributed by atoms with Gasteiger partial charge in [-0.05, 0) is 110 Å². The molecule has 0 nitrogen and oxygen atoms in total. The lowest BCUT2D eigenvalue weighted by Crippen LogP contribution is -1.93. The van der Waals surface area contributed by atoms with Crippen LogP contribution in [0.2, 0.25) is 0 Å². The zero-order valence-corrected chi connectivity index (χ0v) is 26.4. The molecule has 10 aromatic rings. The molecule has 0 aliphatic heterocycles. The maximum Gasteiger partial charge on any atom is 0.0636 e. The van der Waals surface area contributed by atoms with Crippen LogP contribution in [0.3, 0.4) is 0 Å². The topological polar surface area (TPSA) is 0 Å². The molecule has 0 N–H and O–H groups in total. The van der Waals surface area contributed by atoms with Gasteiger partial charge in [0.2, 0.25) is 0 Å². The van der Waals surface area contributed by atoms with Crippen molar-refractivity contribution in [2.24, 2.45) is 0 Å². The van der Waals surface area contributed by atoms with Gasteiger partial charge in [0.05, 0.1) is 19.2 Å². The largest absolute Gasteiger partial charge is 0.0636 e. The first kappa shape index (κ1) is 17.8. The van der Waals surface area contributed by atoms with E-state index in [4.69, 9.17) is 9.60 Å². The average molecular weight is 647 g/mol. The van der Waals surface area contributed by atoms with Gasteiger partial charge in [0.25, 0.3) is 0 Å². The maximum absolute atomic E-state index is 10.3. The summed E-state index contributed by atoms with van der Waals surface area (Å²) in [4.78, 5) is 0. The predicted molar refractivity (Wildman–Crippen MR) is 216 cm³/mol. The minimum absolute atomic E-state index is 0.000145. The van der Waals surface area contributed by atoms with E-state index in [-0.39, 0.29) is 66.7 Å². The molecule has 232 valence electrons. The van der Waals surface area contributed by atoms with Crippen LogP contribution < -0.4 is 0 Å². The van der Waals surface area contributed by atoms with E-state index >= 15 is 0 Å². The van der Waals surface area contributed by atoms with Gasteiger partial charge in [-0.1, -0.05) is 182 Å². The first-order valence-electron chi connectivity index (χ1n) is 23.2. The van der Waals surface area contributed by atoms with Crippen LogP contribution in [0.4, 0.5) is 0 Å². The van der Waals surface area contributed by atoms with Gasteiger partial charge in [0.1, 0.15) is 0 Å². The van der Waals surface area contributed by atoms with Crippen molar-refractivity contribution in [1.29, 1.82) is 0 Å². The summed E-state index contributed by atoms with van der Waals surface area (Å²) >= 11 is 0. The molecule has 0 saturated carbocycles. The molecule has 0 aromatic heterocycles. The van der Waals surface area contributed by atoms with Crippen LogP contribution >= 0.6 is 0 Å². The molecule has 0 saturated heterocycles. The van der Waals surface area contributed by atoms with Crippen LogP contribution in [0.1, 0.15) is 19.2 Å². The minimum atomic E-state index is -0.716. The standard InChI is InChI=1S/C50H32/c1-2-15-35(16-3-1)49-45-20-8-9-21-46(45)50(44-26-10-18-34-14-6-7-19-39(34)44)48-32-38(29-30-47(48)49)41-23-12-24-42-40(22-11-25-43(41)42)37-28-27-33-13-4-5-17-36(33)31-37/h1-32H/i6D,7D,8D,9D,10D,14D,18D,19D,20D,21D,26D,29D,30D,32D. The molecule has 0 amide bonds. The van der Waals surface area contributed by atoms with Crippen molar-refractivity contribution >= 4 is 53.9 Å². The lowest BCUT2D eigenvalue weighted by Gasteiger charge is -2.20. The summed E-state index contributed by atoms with van der Waals surface area (Å²) in [7, 11) is 0. The zero-order valence-electron chi connectivity index (χ0n) is 40.4. The van der Waals surface area contributed by atoms with Gasteiger partial charge < -0.3 is 0 Å². The molecule has 0 spiro atoms. The highest BCUT2D eigenvalue weighted by atomic mass is 14.2. The van der Waals surface area contributed by atoms with E-state index in [1.165, 1.54) is 0 Å². The molecule has 50 heavy (non-hydrogen) atoms. The SMILES string of the molecule is [2H]c1c([2H])c([2H])c2c(-c3c4c([2H])c([2H])c([2H])c([2H])c4c(-c4ccccc4)c4c([2H])c([2H])c(-c5cccc6c(-c7ccc8ccccc8c7)cccc56)c([2H])c34)c([2H])c([2H])c([2H])c2c1[2H]. The second-order valence-electron chi connectivity index (χ2n) is 12.1. The molecule has 0 heterocycles. The summed E-state index contributed by atoms with van der Waals surface area (Å²) in [6, 6.07) is 25.7. The number of fused-ring (bicyclic) bond motifs is 5. The molecule has 0 fully saturated rings. The maximum atomic E-state index is 10.3. The minimum Gasteiger partial charge on any atom is -0.0622 e. The fraction of sp³-hybridized carbons (Fsp3) is 0. The average Bonchev–Trinajstić information content (AvgIpc) is 3.31. The van der Waals surface area contributed by atoms with Crippen LogP contribution in [0, 0.1) is 0 Å². The smallest absolute Gasteiger partial charge is 0.0622 e. The summed E-state index contributed by atoms with van der Waals surface area (Å²) in [6.07, 6.45) is 0. The number of hydrogen-bond acceptors (Lipinski definition) is 0. The van der Waals surface area contributed by atoms with Crippen molar-refractivity contribution in [2.75, 3.05) is 0 Å². The monoisotopic (exact) mass is 646 g/mol. The highest BCUT2D eigenvalue weighted by Gasteiger charge is 2.19. The van der Waals surface area contributed by atoms with Gasteiger partial charge >= 0.3 is 0 Å². The summed E-state index contributed by atoms with van der Waals surface area (Å²) in [5, 5.41) is 2.28. The highest BCUT2D eigenvalue weighted by Crippen LogP contribution is 2.47. The van der Waals surface area contributed by atoms with Crippen molar-refractivity contribution < 1.29 is 19.2 Å². The fourth-order valence-electron chi connectivity index (χ4n) is 7.13. The molecule has 0 radical (unpaired) electrons. The quantitative estimate of drug-likeness (QED) is 0.167. The van der Waals surface area contributed by atoms with E-state index in [0.717, 1.165) is 27.3 Å². The molecule has 0 unspecified atom stereocenters. The van der Waals surface area contributed by atoms with Crippen molar-refractivity contribution in [1.82, 2.24) is 0 Å². The first-order chi connectivity index (χ1) is 30.6. The molecule has 10 rings (SSSR count). The van der Waals surface area contributed by atoms with Gasteiger partial charge in [0, 0.05) is 0 Å². The van der Waals surface area contributed by atoms with E-state index in [1.54, 1.807) is 42.5 Å². The third-order valence-electron chi connectivity index (χ3n) is 9.38. The van der Waals surface area contributed by atoms with E-state index < -0.39 is 72.5 Å². The molecule has 0 heteroatoms. The summed E-state index contributed by atoms with van der Waals surface area (Å²) in [5.41, 5.74) is 2.13. The Morgan fingerprint density at radius 2 is 0.940 bits per heavy atom. The first-order valence-corrected chi connectivity index (χ1v) is 16.2. The van der Waals surface area contributed by atoms with Crippen LogP contribution in [0.5, 0.6) is 0 Å². The summed E-state index contributed by atoms with van der Waals surface area (Å²) in [6.45, 7) is 0. The Balaban J connectivity index is 1.46. The van der Waals surface area contributed by atoms with E-state index in [2.05, 4.69) is 6.07 Å². The number of hydrogen-bond donors (Lipinski definition) is 0. The van der Waals surface area contributed by atoms with Gasteiger partial charge in [-0.25, -0.2) is 0 Å². The second-order valence-corrected chi connectivity index (χ2v) is 12.1. The van der Waals surface area contributed by atoms with Gasteiger partial charge in [-0.15, -0.1) is 0 Å². The number of benzene rings is 10. The Hall–Kier alpha value is -6.50. The third kappa shape index (κ3) is 4.54. The molecule has 0 bridgehead atoms. The molecule has 0 aliphatic carbocycles. The van der Waals surface area contributed by atoms with Crippen LogP contribution in [-0.2, 0) is 0 Å². The van der Waals surface area contributed by atoms with Crippen LogP contribution in [-0.4, -0.2) is 0 Å². The Morgan fingerprint density at radius 1 is 0.300 bits per heavy atom. The molecular weight excluding hydrogens is 601 g/mol. The molecular formula is C50H32. The van der Waals surface area contributed by atoms with Gasteiger partial charge in [-0.2, -0.15) is 0 Å². The fourth-order valence-corrected chi connectivity index (χ4v) is 7.13. The second kappa shape index (κ2) is 11.6. The van der Waals surface area contributed by atoms with Crippen LogP contribution in [0.25, 0.3) is 98.4 Å². The third-order valence-corrected chi connectivity index (χ3v) is 9.38. The Morgan fingerprint density at radius 3 is 1.74 bits per heavy atom. The normalized spacial score (nSPS) is 15.5. The molecule has 0 atom stereocenters. The zero-order chi connectivity index (χ0) is 45.2. The predicted octanol–water partition coefficient (Wildman–Crippen LogP) is 14.1. The van der Waals surface area contributed by atoms with E-state index in [0.29, 0.717) is 16.5 Å². The van der Waals surface area contributed by atoms with Crippen LogP contribution in [0.15, 0.2) is 194 Å². The Bertz CT molecular complexity index is 3700. The highest BCUT2D eigenvalue weighted by molar-refractivity contribution is 6.24. The molecule has 0 aliphatic rings. The van der Waals surface area contributed by atoms with Gasteiger partial charge in [-0.3, -0.25) is 0 Å². The molecule has 10 aromatic carbocycles. The Labute approximate surface area is 311 Å². The van der Waals surface area contributed by atoms with Crippen molar-refractivity contribution in [3.63, 3.8) is 0 Å². The summed E-state index contributed by atoms with van der Waals surface area (Å²) < 4.78 is 129. The lowest BCUT2D eigenvalue weighted by atomic mass is 9.83. The van der Waals surface area contributed by atoms with E-state index in [9.17, 15) is 9.60 Å². The van der Waals surface area contributed by atoms with Crippen molar-refractivity contribution in [3.8, 4) is 44.5 Å². The van der Waals surface area contributed by atoms with E-state index in [1.807, 2.05) is 60.7 Å². The van der Waals surface area contributed by atoms with Crippen molar-refractivity contribution in [2.45, 2.75) is 0 Å².